The fraction of sp³-hybridized carbons (Fsp3) is 0.188. The Kier molecular flexibility index (Phi) is 4.12. The standard InChI is InChI=1S/C16H15FO4/c1-9-3-4-16(12(17)5-9)21-8-15(20)11-6-10(2)13(18)7-14(11)19/h3-7,18-19H,8H2,1-2H3. The molecular formula is C16H15FO4. The van der Waals surface area contributed by atoms with E-state index < -0.39 is 18.2 Å². The molecule has 4 nitrogen and oxygen atoms in total. The molecule has 0 aliphatic carbocycles. The zero-order valence-corrected chi connectivity index (χ0v) is 11.7. The minimum atomic E-state index is -0.547. The van der Waals surface area contributed by atoms with Crippen LogP contribution in [0.5, 0.6) is 17.2 Å². The van der Waals surface area contributed by atoms with E-state index in [0.717, 1.165) is 11.6 Å². The number of aryl methyl sites for hydroxylation is 2. The highest BCUT2D eigenvalue weighted by atomic mass is 19.1. The molecule has 0 unspecified atom stereocenters. The summed E-state index contributed by atoms with van der Waals surface area (Å²) >= 11 is 0. The van der Waals surface area contributed by atoms with Gasteiger partial charge < -0.3 is 14.9 Å². The molecule has 0 aliphatic heterocycles. The van der Waals surface area contributed by atoms with Crippen molar-refractivity contribution in [3.63, 3.8) is 0 Å². The average Bonchev–Trinajstić information content (AvgIpc) is 2.41. The number of hydrogen-bond donors (Lipinski definition) is 2. The molecule has 2 aromatic carbocycles. The number of carbonyl (C=O) groups is 1. The van der Waals surface area contributed by atoms with Crippen molar-refractivity contribution in [1.29, 1.82) is 0 Å². The molecule has 5 heteroatoms. The Bertz CT molecular complexity index is 695. The topological polar surface area (TPSA) is 66.8 Å². The number of rotatable bonds is 4. The van der Waals surface area contributed by atoms with Crippen molar-refractivity contribution < 1.29 is 24.1 Å². The molecule has 2 rings (SSSR count). The number of ketones is 1. The van der Waals surface area contributed by atoms with Crippen LogP contribution in [0.15, 0.2) is 30.3 Å². The number of ether oxygens (including phenoxy) is 1. The lowest BCUT2D eigenvalue weighted by molar-refractivity contribution is 0.0916. The molecule has 0 radical (unpaired) electrons. The molecule has 0 amide bonds. The second-order valence-electron chi connectivity index (χ2n) is 4.80. The predicted molar refractivity (Wildman–Crippen MR) is 75.5 cm³/mol. The van der Waals surface area contributed by atoms with Crippen LogP contribution in [0.4, 0.5) is 4.39 Å². The van der Waals surface area contributed by atoms with Gasteiger partial charge in [0.25, 0.3) is 0 Å². The highest BCUT2D eigenvalue weighted by Crippen LogP contribution is 2.27. The Morgan fingerprint density at radius 2 is 1.86 bits per heavy atom. The summed E-state index contributed by atoms with van der Waals surface area (Å²) in [7, 11) is 0. The molecule has 0 aromatic heterocycles. The lowest BCUT2D eigenvalue weighted by atomic mass is 10.1. The molecule has 0 atom stereocenters. The van der Waals surface area contributed by atoms with E-state index in [1.54, 1.807) is 19.9 Å². The number of halogens is 1. The fourth-order valence-corrected chi connectivity index (χ4v) is 1.85. The van der Waals surface area contributed by atoms with E-state index >= 15 is 0 Å². The Balaban J connectivity index is 2.13. The number of benzene rings is 2. The Hall–Kier alpha value is -2.56. The molecule has 0 saturated heterocycles. The summed E-state index contributed by atoms with van der Waals surface area (Å²) in [6.45, 7) is 2.94. The van der Waals surface area contributed by atoms with Crippen molar-refractivity contribution in [2.45, 2.75) is 13.8 Å². The summed E-state index contributed by atoms with van der Waals surface area (Å²) < 4.78 is 18.7. The maximum absolute atomic E-state index is 13.6. The lowest BCUT2D eigenvalue weighted by Crippen LogP contribution is -2.12. The van der Waals surface area contributed by atoms with Crippen molar-refractivity contribution in [2.75, 3.05) is 6.61 Å². The predicted octanol–water partition coefficient (Wildman–Crippen LogP) is 3.12. The monoisotopic (exact) mass is 290 g/mol. The molecule has 2 aromatic rings. The van der Waals surface area contributed by atoms with Crippen LogP contribution in [0, 0.1) is 19.7 Å². The third kappa shape index (κ3) is 3.31. The summed E-state index contributed by atoms with van der Waals surface area (Å²) in [6.07, 6.45) is 0. The molecule has 0 aliphatic rings. The van der Waals surface area contributed by atoms with Crippen LogP contribution in [0.1, 0.15) is 21.5 Å². The smallest absolute Gasteiger partial charge is 0.203 e. The van der Waals surface area contributed by atoms with Crippen molar-refractivity contribution in [3.05, 3.63) is 52.8 Å². The van der Waals surface area contributed by atoms with Gasteiger partial charge in [-0.15, -0.1) is 0 Å². The average molecular weight is 290 g/mol. The number of carbonyl (C=O) groups excluding carboxylic acids is 1. The number of aromatic hydroxyl groups is 2. The van der Waals surface area contributed by atoms with Gasteiger partial charge in [0.1, 0.15) is 11.5 Å². The third-order valence-electron chi connectivity index (χ3n) is 3.06. The summed E-state index contributed by atoms with van der Waals surface area (Å²) in [6, 6.07) is 6.88. The molecule has 110 valence electrons. The first kappa shape index (κ1) is 14.8. The van der Waals surface area contributed by atoms with E-state index in [4.69, 9.17) is 4.74 Å². The van der Waals surface area contributed by atoms with Gasteiger partial charge in [0.15, 0.2) is 18.2 Å². The minimum Gasteiger partial charge on any atom is -0.508 e. The molecule has 0 bridgehead atoms. The van der Waals surface area contributed by atoms with Crippen LogP contribution < -0.4 is 4.74 Å². The Morgan fingerprint density at radius 3 is 2.52 bits per heavy atom. The van der Waals surface area contributed by atoms with Gasteiger partial charge in [-0.25, -0.2) is 4.39 Å². The second kappa shape index (κ2) is 5.83. The molecule has 0 heterocycles. The number of Topliss-reactive ketones (excluding diaryl/α,β-unsaturated/α-hetero) is 1. The first-order valence-corrected chi connectivity index (χ1v) is 6.33. The first-order chi connectivity index (χ1) is 9.88. The highest BCUT2D eigenvalue weighted by molar-refractivity contribution is 6.00. The van der Waals surface area contributed by atoms with Crippen LogP contribution in [0.3, 0.4) is 0 Å². The van der Waals surface area contributed by atoms with Crippen LogP contribution in [0.25, 0.3) is 0 Å². The normalized spacial score (nSPS) is 10.4. The van der Waals surface area contributed by atoms with E-state index in [1.807, 2.05) is 0 Å². The van der Waals surface area contributed by atoms with Crippen LogP contribution in [0.2, 0.25) is 0 Å². The van der Waals surface area contributed by atoms with E-state index in [2.05, 4.69) is 0 Å². The van der Waals surface area contributed by atoms with Gasteiger partial charge in [0, 0.05) is 6.07 Å². The van der Waals surface area contributed by atoms with Crippen molar-refractivity contribution >= 4 is 5.78 Å². The summed E-state index contributed by atoms with van der Waals surface area (Å²) in [5.74, 6) is -1.51. The second-order valence-corrected chi connectivity index (χ2v) is 4.80. The van der Waals surface area contributed by atoms with E-state index in [0.29, 0.717) is 5.56 Å². The number of hydrogen-bond acceptors (Lipinski definition) is 4. The molecule has 2 N–H and O–H groups in total. The van der Waals surface area contributed by atoms with E-state index in [1.165, 1.54) is 18.2 Å². The van der Waals surface area contributed by atoms with Gasteiger partial charge in [0.2, 0.25) is 5.78 Å². The quantitative estimate of drug-likeness (QED) is 0.849. The van der Waals surface area contributed by atoms with Crippen molar-refractivity contribution in [2.24, 2.45) is 0 Å². The molecule has 0 saturated carbocycles. The van der Waals surface area contributed by atoms with Crippen molar-refractivity contribution in [1.82, 2.24) is 0 Å². The highest BCUT2D eigenvalue weighted by Gasteiger charge is 2.15. The van der Waals surface area contributed by atoms with Gasteiger partial charge in [-0.2, -0.15) is 0 Å². The van der Waals surface area contributed by atoms with Crippen LogP contribution >= 0.6 is 0 Å². The largest absolute Gasteiger partial charge is 0.508 e. The molecule has 0 fully saturated rings. The van der Waals surface area contributed by atoms with Gasteiger partial charge >= 0.3 is 0 Å². The summed E-state index contributed by atoms with van der Waals surface area (Å²) in [4.78, 5) is 12.0. The Morgan fingerprint density at radius 1 is 1.14 bits per heavy atom. The zero-order valence-electron chi connectivity index (χ0n) is 11.7. The molecule has 21 heavy (non-hydrogen) atoms. The summed E-state index contributed by atoms with van der Waals surface area (Å²) in [5.41, 5.74) is 1.23. The zero-order chi connectivity index (χ0) is 15.6. The summed E-state index contributed by atoms with van der Waals surface area (Å²) in [5, 5.41) is 19.1. The van der Waals surface area contributed by atoms with E-state index in [9.17, 15) is 19.4 Å². The lowest BCUT2D eigenvalue weighted by Gasteiger charge is -2.09. The van der Waals surface area contributed by atoms with E-state index in [-0.39, 0.29) is 22.8 Å². The van der Waals surface area contributed by atoms with Crippen LogP contribution in [-0.2, 0) is 0 Å². The maximum atomic E-state index is 13.6. The van der Waals surface area contributed by atoms with Crippen molar-refractivity contribution in [3.8, 4) is 17.2 Å². The molecule has 0 spiro atoms. The molecular weight excluding hydrogens is 275 g/mol. The number of phenols is 2. The first-order valence-electron chi connectivity index (χ1n) is 6.33. The Labute approximate surface area is 121 Å². The minimum absolute atomic E-state index is 0.0241. The van der Waals surface area contributed by atoms with Gasteiger partial charge in [-0.1, -0.05) is 6.07 Å². The van der Waals surface area contributed by atoms with Gasteiger partial charge in [-0.3, -0.25) is 4.79 Å². The fourth-order valence-electron chi connectivity index (χ4n) is 1.85. The maximum Gasteiger partial charge on any atom is 0.203 e. The third-order valence-corrected chi connectivity index (χ3v) is 3.06. The van der Waals surface area contributed by atoms with Crippen LogP contribution in [-0.4, -0.2) is 22.6 Å². The van der Waals surface area contributed by atoms with Gasteiger partial charge in [-0.05, 0) is 43.2 Å². The van der Waals surface area contributed by atoms with Gasteiger partial charge in [0.05, 0.1) is 5.56 Å². The number of phenolic OH excluding ortho intramolecular Hbond substituents is 2. The SMILES string of the molecule is Cc1ccc(OCC(=O)c2cc(C)c(O)cc2O)c(F)c1.